The molecule has 0 radical (unpaired) electrons. The highest BCUT2D eigenvalue weighted by molar-refractivity contribution is 7.69. The van der Waals surface area contributed by atoms with Crippen LogP contribution in [0.15, 0.2) is 30.5 Å². The Bertz CT molecular complexity index is 1520. The lowest BCUT2D eigenvalue weighted by atomic mass is 10.0. The molecule has 1 aromatic heterocycles. The number of anilines is 1. The lowest BCUT2D eigenvalue weighted by Crippen LogP contribution is -2.44. The van der Waals surface area contributed by atoms with Gasteiger partial charge in [-0.25, -0.2) is 27.5 Å². The molecule has 0 aliphatic carbocycles. The molecule has 2 aromatic carbocycles. The van der Waals surface area contributed by atoms with Crippen LogP contribution in [0.2, 0.25) is 10.0 Å². The van der Waals surface area contributed by atoms with E-state index in [4.69, 9.17) is 37.4 Å². The molecule has 0 spiro atoms. The zero-order chi connectivity index (χ0) is 30.8. The lowest BCUT2D eigenvalue weighted by molar-refractivity contribution is 0.00842. The predicted molar refractivity (Wildman–Crippen MR) is 164 cm³/mol. The van der Waals surface area contributed by atoms with E-state index in [1.165, 1.54) is 25.6 Å². The Morgan fingerprint density at radius 2 is 1.83 bits per heavy atom. The fraction of sp³-hybridized carbons (Fsp3) is 0.464. The van der Waals surface area contributed by atoms with Gasteiger partial charge in [-0.2, -0.15) is 0 Å². The highest BCUT2D eigenvalue weighted by Crippen LogP contribution is 2.46. The van der Waals surface area contributed by atoms with Crippen LogP contribution in [0.1, 0.15) is 33.6 Å². The first-order valence-corrected chi connectivity index (χ1v) is 15.2. The van der Waals surface area contributed by atoms with Crippen molar-refractivity contribution in [3.8, 4) is 22.6 Å². The quantitative estimate of drug-likeness (QED) is 0.286. The number of hydrogen-bond donors (Lipinski definition) is 2. The van der Waals surface area contributed by atoms with E-state index in [2.05, 4.69) is 15.3 Å². The van der Waals surface area contributed by atoms with Crippen LogP contribution < -0.4 is 14.8 Å². The molecule has 0 bridgehead atoms. The number of amides is 1. The molecule has 1 N–H and O–H groups in total. The zero-order valence-electron chi connectivity index (χ0n) is 24.3. The van der Waals surface area contributed by atoms with Gasteiger partial charge in [-0.1, -0.05) is 36.2 Å². The predicted octanol–water partition coefficient (Wildman–Crippen LogP) is 5.26. The fourth-order valence-corrected chi connectivity index (χ4v) is 5.78. The number of nitrogens with one attached hydrogen (secondary N) is 1. The van der Waals surface area contributed by atoms with Crippen LogP contribution in [0.25, 0.3) is 22.0 Å². The molecule has 42 heavy (non-hydrogen) atoms. The van der Waals surface area contributed by atoms with Gasteiger partial charge in [-0.15, -0.1) is 0 Å². The molecule has 3 aromatic rings. The van der Waals surface area contributed by atoms with Crippen LogP contribution in [-0.2, 0) is 15.6 Å². The number of likely N-dealkylation sites (N-methyl/N-ethyl adjacent to an activating group) is 1. The number of hydrogen-bond acceptors (Lipinski definition) is 9. The number of carbonyl (C=O) groups excluding carboxylic acids is 1. The van der Waals surface area contributed by atoms with Gasteiger partial charge in [0.15, 0.2) is 0 Å². The number of rotatable bonds is 10. The van der Waals surface area contributed by atoms with Crippen molar-refractivity contribution in [2.75, 3.05) is 39.7 Å². The Morgan fingerprint density at radius 1 is 1.17 bits per heavy atom. The summed E-state index contributed by atoms with van der Waals surface area (Å²) in [5, 5.41) is 4.77. The normalized spacial score (nSPS) is 17.2. The van der Waals surface area contributed by atoms with Crippen LogP contribution in [-0.4, -0.2) is 85.7 Å². The highest BCUT2D eigenvalue weighted by Gasteiger charge is 2.39. The lowest BCUT2D eigenvalue weighted by Gasteiger charge is -2.30. The summed E-state index contributed by atoms with van der Waals surface area (Å²) in [5.41, 5.74) is 1.34. The maximum Gasteiger partial charge on any atom is 0.410 e. The van der Waals surface area contributed by atoms with Crippen LogP contribution >= 0.6 is 23.2 Å². The van der Waals surface area contributed by atoms with Crippen molar-refractivity contribution in [3.05, 3.63) is 40.5 Å². The highest BCUT2D eigenvalue weighted by atomic mass is 35.5. The second-order valence-electron chi connectivity index (χ2n) is 10.7. The van der Waals surface area contributed by atoms with Gasteiger partial charge in [0.05, 0.1) is 35.8 Å². The van der Waals surface area contributed by atoms with E-state index in [0.29, 0.717) is 58.0 Å². The Balaban J connectivity index is 1.57. The van der Waals surface area contributed by atoms with Crippen molar-refractivity contribution in [2.45, 2.75) is 51.3 Å². The molecule has 11 nitrogen and oxygen atoms in total. The molecule has 228 valence electrons. The standard InChI is InChI=1S/C28H35Cl2N5O6S/c1-7-28(2,3)41-27(36)35-14-18(11-19(35)15-34(4)42(37)38)32-26-31-13-17-10-16(8-9-20(17)33-26)23-24(29)21(39-5)12-22(40-6)25(23)30/h8-10,12-13,18-19,42H,7,11,14-15H2,1-6H3,(H,31,32,33). The van der Waals surface area contributed by atoms with Gasteiger partial charge in [-0.3, -0.25) is 0 Å². The van der Waals surface area contributed by atoms with E-state index < -0.39 is 22.6 Å². The summed E-state index contributed by atoms with van der Waals surface area (Å²) in [6, 6.07) is 6.60. The van der Waals surface area contributed by atoms with Gasteiger partial charge in [0, 0.05) is 49.4 Å². The molecule has 2 atom stereocenters. The van der Waals surface area contributed by atoms with Crippen molar-refractivity contribution in [1.82, 2.24) is 19.2 Å². The SMILES string of the molecule is CCC(C)(C)OC(=O)N1CC(Nc2ncc3cc(-c4c(Cl)c(OC)cc(OC)c4Cl)ccc3n2)CC1CN(C)[SH](=O)=O. The summed E-state index contributed by atoms with van der Waals surface area (Å²) in [5.74, 6) is 1.25. The molecule has 1 fully saturated rings. The molecule has 1 amide bonds. The van der Waals surface area contributed by atoms with Crippen LogP contribution in [0.3, 0.4) is 0 Å². The monoisotopic (exact) mass is 639 g/mol. The summed E-state index contributed by atoms with van der Waals surface area (Å²) in [7, 11) is 1.74. The summed E-state index contributed by atoms with van der Waals surface area (Å²) in [6.45, 7) is 6.08. The van der Waals surface area contributed by atoms with Gasteiger partial charge in [0.1, 0.15) is 17.1 Å². The van der Waals surface area contributed by atoms with Gasteiger partial charge < -0.3 is 24.4 Å². The van der Waals surface area contributed by atoms with Crippen LogP contribution in [0, 0.1) is 0 Å². The van der Waals surface area contributed by atoms with Crippen molar-refractivity contribution < 1.29 is 27.4 Å². The van der Waals surface area contributed by atoms with E-state index >= 15 is 0 Å². The smallest absolute Gasteiger partial charge is 0.410 e. The Morgan fingerprint density at radius 3 is 2.43 bits per heavy atom. The number of methoxy groups -OCH3 is 2. The molecule has 2 unspecified atom stereocenters. The summed E-state index contributed by atoms with van der Waals surface area (Å²) < 4.78 is 40.7. The minimum absolute atomic E-state index is 0.153. The number of ether oxygens (including phenoxy) is 3. The molecular weight excluding hydrogens is 605 g/mol. The van der Waals surface area contributed by atoms with Gasteiger partial charge in [-0.05, 0) is 44.4 Å². The summed E-state index contributed by atoms with van der Waals surface area (Å²) in [6.07, 6.45) is 2.33. The number of fused-ring (bicyclic) bond motifs is 1. The van der Waals surface area contributed by atoms with E-state index in [1.807, 2.05) is 39.0 Å². The maximum absolute atomic E-state index is 13.1. The minimum Gasteiger partial charge on any atom is -0.495 e. The number of halogens is 2. The van der Waals surface area contributed by atoms with E-state index in [0.717, 1.165) is 10.9 Å². The molecule has 1 saturated heterocycles. The molecule has 14 heteroatoms. The average Bonchev–Trinajstić information content (AvgIpc) is 3.35. The average molecular weight is 641 g/mol. The Hall–Kier alpha value is -3.06. The van der Waals surface area contributed by atoms with E-state index in [-0.39, 0.29) is 18.6 Å². The Labute approximate surface area is 257 Å². The molecule has 2 heterocycles. The zero-order valence-corrected chi connectivity index (χ0v) is 26.7. The number of carbonyl (C=O) groups is 1. The van der Waals surface area contributed by atoms with Gasteiger partial charge in [0.2, 0.25) is 16.8 Å². The number of thiol groups is 1. The van der Waals surface area contributed by atoms with E-state index in [1.54, 1.807) is 17.2 Å². The third kappa shape index (κ3) is 6.94. The molecule has 1 aliphatic heterocycles. The van der Waals surface area contributed by atoms with Crippen LogP contribution in [0.5, 0.6) is 11.5 Å². The topological polar surface area (TPSA) is 123 Å². The number of benzene rings is 2. The third-order valence-corrected chi connectivity index (χ3v) is 8.86. The van der Waals surface area contributed by atoms with Crippen molar-refractivity contribution in [3.63, 3.8) is 0 Å². The second kappa shape index (κ2) is 13.1. The first kappa shape index (κ1) is 31.9. The first-order chi connectivity index (χ1) is 19.9. The minimum atomic E-state index is -2.78. The molecule has 0 saturated carbocycles. The number of nitrogens with zero attached hydrogens (tertiary/aromatic N) is 4. The molecule has 1 aliphatic rings. The third-order valence-electron chi connectivity index (χ3n) is 7.39. The van der Waals surface area contributed by atoms with E-state index in [9.17, 15) is 13.2 Å². The van der Waals surface area contributed by atoms with Gasteiger partial charge in [0.25, 0.3) is 0 Å². The maximum atomic E-state index is 13.1. The van der Waals surface area contributed by atoms with Crippen molar-refractivity contribution >= 4 is 57.0 Å². The van der Waals surface area contributed by atoms with Gasteiger partial charge >= 0.3 is 6.09 Å². The van der Waals surface area contributed by atoms with Crippen molar-refractivity contribution in [1.29, 1.82) is 0 Å². The summed E-state index contributed by atoms with van der Waals surface area (Å²) in [4.78, 5) is 23.8. The fourth-order valence-electron chi connectivity index (χ4n) is 4.74. The Kier molecular flexibility index (Phi) is 9.92. The number of aromatic nitrogens is 2. The summed E-state index contributed by atoms with van der Waals surface area (Å²) >= 11 is 13.2. The first-order valence-electron chi connectivity index (χ1n) is 13.4. The van der Waals surface area contributed by atoms with Crippen molar-refractivity contribution in [2.24, 2.45) is 0 Å². The molecular formula is C28H35Cl2N5O6S. The van der Waals surface area contributed by atoms with Crippen LogP contribution in [0.4, 0.5) is 10.7 Å². The number of likely N-dealkylation sites (tertiary alicyclic amines) is 1. The second-order valence-corrected chi connectivity index (χ2v) is 12.6. The molecule has 4 rings (SSSR count). The largest absolute Gasteiger partial charge is 0.495 e.